The maximum absolute atomic E-state index is 5.76. The Morgan fingerprint density at radius 2 is 1.62 bits per heavy atom. The van der Waals surface area contributed by atoms with Crippen LogP contribution in [0.4, 0.5) is 5.95 Å². The first-order valence-corrected chi connectivity index (χ1v) is 5.47. The molecule has 2 rings (SSSR count). The fraction of sp³-hybridized carbons (Fsp3) is 0.0909. The fourth-order valence-electron chi connectivity index (χ4n) is 1.25. The number of nitrogens with zero attached hydrogens (tertiary/aromatic N) is 2. The van der Waals surface area contributed by atoms with Crippen LogP contribution in [0.25, 0.3) is 0 Å². The molecule has 0 fully saturated rings. The van der Waals surface area contributed by atoms with Crippen LogP contribution in [0, 0.1) is 0 Å². The topological polar surface area (TPSA) is 37.8 Å². The summed E-state index contributed by atoms with van der Waals surface area (Å²) >= 11 is 11.5. The number of halogens is 2. The average Bonchev–Trinajstić information content (AvgIpc) is 2.27. The van der Waals surface area contributed by atoms with E-state index < -0.39 is 0 Å². The van der Waals surface area contributed by atoms with E-state index in [1.165, 1.54) is 6.07 Å². The smallest absolute Gasteiger partial charge is 0.225 e. The summed E-state index contributed by atoms with van der Waals surface area (Å²) < 4.78 is 0. The Bertz CT molecular complexity index is 454. The van der Waals surface area contributed by atoms with Gasteiger partial charge in [0.1, 0.15) is 10.3 Å². The van der Waals surface area contributed by atoms with E-state index in [1.807, 2.05) is 30.3 Å². The quantitative estimate of drug-likeness (QED) is 0.853. The van der Waals surface area contributed by atoms with Crippen LogP contribution >= 0.6 is 23.2 Å². The van der Waals surface area contributed by atoms with Gasteiger partial charge in [-0.15, -0.1) is 0 Å². The van der Waals surface area contributed by atoms with Crippen molar-refractivity contribution in [3.63, 3.8) is 0 Å². The Kier molecular flexibility index (Phi) is 3.59. The standard InChI is InChI=1S/C11H9Cl2N3/c12-9-6-10(13)16-11(15-9)14-7-8-4-2-1-3-5-8/h1-6H,7H2,(H,14,15,16). The second-order valence-corrected chi connectivity index (χ2v) is 3.95. The van der Waals surface area contributed by atoms with Crippen LogP contribution < -0.4 is 5.32 Å². The van der Waals surface area contributed by atoms with Crippen LogP contribution in [-0.4, -0.2) is 9.97 Å². The van der Waals surface area contributed by atoms with Crippen LogP contribution in [0.3, 0.4) is 0 Å². The lowest BCUT2D eigenvalue weighted by molar-refractivity contribution is 1.05. The molecule has 0 spiro atoms. The van der Waals surface area contributed by atoms with Crippen molar-refractivity contribution < 1.29 is 0 Å². The van der Waals surface area contributed by atoms with Crippen molar-refractivity contribution in [2.24, 2.45) is 0 Å². The Hall–Kier alpha value is -1.32. The number of hydrogen-bond donors (Lipinski definition) is 1. The zero-order valence-corrected chi connectivity index (χ0v) is 9.83. The van der Waals surface area contributed by atoms with E-state index in [4.69, 9.17) is 23.2 Å². The lowest BCUT2D eigenvalue weighted by Crippen LogP contribution is -2.03. The molecule has 2 aromatic rings. The van der Waals surface area contributed by atoms with Crippen LogP contribution in [0.1, 0.15) is 5.56 Å². The van der Waals surface area contributed by atoms with Crippen LogP contribution in [-0.2, 0) is 6.54 Å². The fourth-order valence-corrected chi connectivity index (χ4v) is 1.67. The molecule has 0 saturated heterocycles. The Morgan fingerprint density at radius 3 is 2.25 bits per heavy atom. The first kappa shape index (κ1) is 11.2. The highest BCUT2D eigenvalue weighted by molar-refractivity contribution is 6.33. The van der Waals surface area contributed by atoms with E-state index in [1.54, 1.807) is 0 Å². The monoisotopic (exact) mass is 253 g/mol. The van der Waals surface area contributed by atoms with E-state index in [-0.39, 0.29) is 0 Å². The van der Waals surface area contributed by atoms with Crippen molar-refractivity contribution in [2.75, 3.05) is 5.32 Å². The van der Waals surface area contributed by atoms with E-state index in [0.29, 0.717) is 22.8 Å². The van der Waals surface area contributed by atoms with Gasteiger partial charge in [-0.1, -0.05) is 53.5 Å². The molecular weight excluding hydrogens is 245 g/mol. The molecule has 1 aromatic heterocycles. The minimum Gasteiger partial charge on any atom is -0.350 e. The maximum Gasteiger partial charge on any atom is 0.225 e. The highest BCUT2D eigenvalue weighted by atomic mass is 35.5. The molecule has 82 valence electrons. The van der Waals surface area contributed by atoms with Gasteiger partial charge in [0, 0.05) is 12.6 Å². The average molecular weight is 254 g/mol. The molecule has 0 amide bonds. The van der Waals surface area contributed by atoms with Gasteiger partial charge in [-0.2, -0.15) is 0 Å². The summed E-state index contributed by atoms with van der Waals surface area (Å²) in [5.74, 6) is 0.432. The molecule has 0 aliphatic carbocycles. The van der Waals surface area contributed by atoms with Crippen molar-refractivity contribution in [3.8, 4) is 0 Å². The largest absolute Gasteiger partial charge is 0.350 e. The predicted octanol–water partition coefficient (Wildman–Crippen LogP) is 3.40. The lowest BCUT2D eigenvalue weighted by Gasteiger charge is -2.05. The minimum absolute atomic E-state index is 0.329. The molecule has 1 aromatic carbocycles. The summed E-state index contributed by atoms with van der Waals surface area (Å²) in [4.78, 5) is 8.02. The summed E-state index contributed by atoms with van der Waals surface area (Å²) in [6.07, 6.45) is 0. The minimum atomic E-state index is 0.329. The molecule has 0 aliphatic heterocycles. The molecule has 16 heavy (non-hydrogen) atoms. The van der Waals surface area contributed by atoms with Gasteiger partial charge in [0.15, 0.2) is 0 Å². The molecular formula is C11H9Cl2N3. The summed E-state index contributed by atoms with van der Waals surface area (Å²) in [6, 6.07) is 11.4. The second kappa shape index (κ2) is 5.14. The Balaban J connectivity index is 2.05. The predicted molar refractivity (Wildman–Crippen MR) is 65.8 cm³/mol. The summed E-state index contributed by atoms with van der Waals surface area (Å²) in [7, 11) is 0. The molecule has 1 heterocycles. The normalized spacial score (nSPS) is 10.1. The molecule has 0 bridgehead atoms. The number of rotatable bonds is 3. The van der Waals surface area contributed by atoms with Gasteiger partial charge in [0.05, 0.1) is 0 Å². The van der Waals surface area contributed by atoms with E-state index >= 15 is 0 Å². The number of hydrogen-bond acceptors (Lipinski definition) is 3. The summed E-state index contributed by atoms with van der Waals surface area (Å²) in [5.41, 5.74) is 1.14. The van der Waals surface area contributed by atoms with Gasteiger partial charge < -0.3 is 5.32 Å². The SMILES string of the molecule is Clc1cc(Cl)nc(NCc2ccccc2)n1. The van der Waals surface area contributed by atoms with Gasteiger partial charge in [0.2, 0.25) is 5.95 Å². The van der Waals surface area contributed by atoms with E-state index in [0.717, 1.165) is 5.56 Å². The van der Waals surface area contributed by atoms with Gasteiger partial charge in [-0.05, 0) is 5.56 Å². The molecule has 5 heteroatoms. The molecule has 0 aliphatic rings. The van der Waals surface area contributed by atoms with Gasteiger partial charge >= 0.3 is 0 Å². The van der Waals surface area contributed by atoms with Crippen LogP contribution in [0.2, 0.25) is 10.3 Å². The Morgan fingerprint density at radius 1 is 1.00 bits per heavy atom. The third kappa shape index (κ3) is 3.08. The van der Waals surface area contributed by atoms with E-state index in [9.17, 15) is 0 Å². The second-order valence-electron chi connectivity index (χ2n) is 3.18. The summed E-state index contributed by atoms with van der Waals surface area (Å²) in [6.45, 7) is 0.636. The number of benzene rings is 1. The zero-order valence-electron chi connectivity index (χ0n) is 8.32. The van der Waals surface area contributed by atoms with Crippen molar-refractivity contribution in [1.29, 1.82) is 0 Å². The summed E-state index contributed by atoms with van der Waals surface area (Å²) in [5, 5.41) is 3.71. The van der Waals surface area contributed by atoms with Crippen molar-refractivity contribution in [3.05, 3.63) is 52.3 Å². The van der Waals surface area contributed by atoms with Crippen molar-refractivity contribution >= 4 is 29.2 Å². The van der Waals surface area contributed by atoms with Crippen LogP contribution in [0.15, 0.2) is 36.4 Å². The maximum atomic E-state index is 5.76. The molecule has 1 N–H and O–H groups in total. The van der Waals surface area contributed by atoms with Gasteiger partial charge in [-0.3, -0.25) is 0 Å². The molecule has 0 saturated carbocycles. The lowest BCUT2D eigenvalue weighted by atomic mass is 10.2. The Labute approximate surface area is 103 Å². The van der Waals surface area contributed by atoms with Gasteiger partial charge in [-0.25, -0.2) is 9.97 Å². The van der Waals surface area contributed by atoms with Gasteiger partial charge in [0.25, 0.3) is 0 Å². The number of aromatic nitrogens is 2. The highest BCUT2D eigenvalue weighted by Gasteiger charge is 2.00. The molecule has 3 nitrogen and oxygen atoms in total. The highest BCUT2D eigenvalue weighted by Crippen LogP contribution is 2.14. The van der Waals surface area contributed by atoms with Crippen LogP contribution in [0.5, 0.6) is 0 Å². The van der Waals surface area contributed by atoms with E-state index in [2.05, 4.69) is 15.3 Å². The third-order valence-corrected chi connectivity index (χ3v) is 2.34. The first-order valence-electron chi connectivity index (χ1n) is 4.72. The van der Waals surface area contributed by atoms with Crippen molar-refractivity contribution in [1.82, 2.24) is 9.97 Å². The molecule has 0 unspecified atom stereocenters. The molecule has 0 radical (unpaired) electrons. The third-order valence-electron chi connectivity index (χ3n) is 1.96. The first-order chi connectivity index (χ1) is 7.74. The zero-order chi connectivity index (χ0) is 11.4. The molecule has 0 atom stereocenters. The number of nitrogens with one attached hydrogen (secondary N) is 1. The number of anilines is 1. The van der Waals surface area contributed by atoms with Crippen molar-refractivity contribution in [2.45, 2.75) is 6.54 Å².